The number of rotatable bonds is 4. The number of nitrogens with one attached hydrogen (secondary N) is 1. The van der Waals surface area contributed by atoms with Gasteiger partial charge in [-0.15, -0.1) is 0 Å². The Kier molecular flexibility index (Phi) is 4.41. The van der Waals surface area contributed by atoms with Crippen molar-refractivity contribution in [2.24, 2.45) is 0 Å². The maximum atomic E-state index is 12.7. The quantitative estimate of drug-likeness (QED) is 0.929. The number of alkyl halides is 3. The standard InChI is InChI=1S/C14H17F3N2O2/c1-3-11-13(20)19(8-14(15,16)17)12(18-11)9-4-6-10(21-2)7-5-9/h4-7,11-12,18H,3,8H2,1-2H3. The highest BCUT2D eigenvalue weighted by molar-refractivity contribution is 5.84. The smallest absolute Gasteiger partial charge is 0.406 e. The molecule has 1 amide bonds. The monoisotopic (exact) mass is 302 g/mol. The number of hydrogen-bond donors (Lipinski definition) is 1. The SMILES string of the molecule is CCC1NC(c2ccc(OC)cc2)N(CC(F)(F)F)C1=O. The minimum absolute atomic E-state index is 0.444. The minimum Gasteiger partial charge on any atom is -0.497 e. The van der Waals surface area contributed by atoms with E-state index in [1.165, 1.54) is 7.11 Å². The summed E-state index contributed by atoms with van der Waals surface area (Å²) < 4.78 is 43.1. The topological polar surface area (TPSA) is 41.6 Å². The molecule has 2 atom stereocenters. The molecule has 0 aromatic heterocycles. The molecule has 0 aliphatic carbocycles. The highest BCUT2D eigenvalue weighted by Crippen LogP contribution is 2.30. The predicted octanol–water partition coefficient (Wildman–Crippen LogP) is 2.47. The van der Waals surface area contributed by atoms with Crippen LogP contribution < -0.4 is 10.1 Å². The van der Waals surface area contributed by atoms with E-state index in [0.717, 1.165) is 4.90 Å². The Bertz CT molecular complexity index is 502. The van der Waals surface area contributed by atoms with Crippen LogP contribution in [0.3, 0.4) is 0 Å². The molecule has 7 heteroatoms. The van der Waals surface area contributed by atoms with Gasteiger partial charge in [0.05, 0.1) is 13.2 Å². The van der Waals surface area contributed by atoms with E-state index < -0.39 is 30.8 Å². The van der Waals surface area contributed by atoms with Crippen LogP contribution in [0.4, 0.5) is 13.2 Å². The largest absolute Gasteiger partial charge is 0.497 e. The van der Waals surface area contributed by atoms with Crippen molar-refractivity contribution in [3.05, 3.63) is 29.8 Å². The molecule has 2 unspecified atom stereocenters. The Hall–Kier alpha value is -1.76. The van der Waals surface area contributed by atoms with Crippen molar-refractivity contribution in [3.8, 4) is 5.75 Å². The van der Waals surface area contributed by atoms with E-state index in [0.29, 0.717) is 17.7 Å². The number of carbonyl (C=O) groups excluding carboxylic acids is 1. The van der Waals surface area contributed by atoms with Gasteiger partial charge in [0.2, 0.25) is 5.91 Å². The van der Waals surface area contributed by atoms with E-state index in [1.807, 2.05) is 0 Å². The maximum absolute atomic E-state index is 12.7. The summed E-state index contributed by atoms with van der Waals surface area (Å²) in [6.45, 7) is 0.504. The molecule has 1 aliphatic heterocycles. The number of ether oxygens (including phenoxy) is 1. The average Bonchev–Trinajstić information content (AvgIpc) is 2.74. The van der Waals surface area contributed by atoms with Gasteiger partial charge in [-0.05, 0) is 24.1 Å². The van der Waals surface area contributed by atoms with Crippen LogP contribution in [0, 0.1) is 0 Å². The molecule has 21 heavy (non-hydrogen) atoms. The number of hydrogen-bond acceptors (Lipinski definition) is 3. The predicted molar refractivity (Wildman–Crippen MR) is 70.7 cm³/mol. The third kappa shape index (κ3) is 3.47. The van der Waals surface area contributed by atoms with Gasteiger partial charge in [0.15, 0.2) is 0 Å². The zero-order valence-electron chi connectivity index (χ0n) is 11.8. The summed E-state index contributed by atoms with van der Waals surface area (Å²) in [5, 5.41) is 2.95. The summed E-state index contributed by atoms with van der Waals surface area (Å²) in [6.07, 6.45) is -4.75. The molecular weight excluding hydrogens is 285 g/mol. The zero-order chi connectivity index (χ0) is 15.6. The second kappa shape index (κ2) is 5.93. The summed E-state index contributed by atoms with van der Waals surface area (Å²) in [5.41, 5.74) is 0.601. The Morgan fingerprint density at radius 1 is 1.29 bits per heavy atom. The first-order valence-corrected chi connectivity index (χ1v) is 6.63. The second-order valence-electron chi connectivity index (χ2n) is 4.88. The molecular formula is C14H17F3N2O2. The maximum Gasteiger partial charge on any atom is 0.406 e. The first-order chi connectivity index (χ1) is 9.85. The summed E-state index contributed by atoms with van der Waals surface area (Å²) in [6, 6.07) is 6.05. The fourth-order valence-corrected chi connectivity index (χ4v) is 2.40. The Labute approximate surface area is 120 Å². The Morgan fingerprint density at radius 3 is 2.38 bits per heavy atom. The van der Waals surface area contributed by atoms with E-state index in [9.17, 15) is 18.0 Å². The molecule has 1 N–H and O–H groups in total. The molecule has 0 bridgehead atoms. The van der Waals surface area contributed by atoms with Crippen molar-refractivity contribution in [2.75, 3.05) is 13.7 Å². The lowest BCUT2D eigenvalue weighted by molar-refractivity contribution is -0.161. The van der Waals surface area contributed by atoms with E-state index in [2.05, 4.69) is 5.32 Å². The molecule has 116 valence electrons. The molecule has 4 nitrogen and oxygen atoms in total. The van der Waals surface area contributed by atoms with Crippen LogP contribution >= 0.6 is 0 Å². The molecule has 0 saturated carbocycles. The van der Waals surface area contributed by atoms with E-state index >= 15 is 0 Å². The zero-order valence-corrected chi connectivity index (χ0v) is 11.8. The van der Waals surface area contributed by atoms with Gasteiger partial charge in [-0.3, -0.25) is 10.1 Å². The van der Waals surface area contributed by atoms with Crippen molar-refractivity contribution in [3.63, 3.8) is 0 Å². The van der Waals surface area contributed by atoms with E-state index in [-0.39, 0.29) is 0 Å². The van der Waals surface area contributed by atoms with Gasteiger partial charge in [0, 0.05) is 0 Å². The van der Waals surface area contributed by atoms with Gasteiger partial charge in [-0.1, -0.05) is 19.1 Å². The molecule has 2 rings (SSSR count). The van der Waals surface area contributed by atoms with Crippen LogP contribution in [-0.2, 0) is 4.79 Å². The van der Waals surface area contributed by atoms with Crippen LogP contribution in [0.1, 0.15) is 25.1 Å². The molecule has 1 heterocycles. The first kappa shape index (κ1) is 15.6. The van der Waals surface area contributed by atoms with Crippen LogP contribution in [0.2, 0.25) is 0 Å². The van der Waals surface area contributed by atoms with Gasteiger partial charge in [-0.25, -0.2) is 0 Å². The van der Waals surface area contributed by atoms with Crippen molar-refractivity contribution < 1.29 is 22.7 Å². The summed E-state index contributed by atoms with van der Waals surface area (Å²) in [5.74, 6) is 0.0909. The fraction of sp³-hybridized carbons (Fsp3) is 0.500. The number of methoxy groups -OCH3 is 1. The van der Waals surface area contributed by atoms with Crippen LogP contribution in [0.25, 0.3) is 0 Å². The fourth-order valence-electron chi connectivity index (χ4n) is 2.40. The van der Waals surface area contributed by atoms with Crippen molar-refractivity contribution in [2.45, 2.75) is 31.7 Å². The lowest BCUT2D eigenvalue weighted by Gasteiger charge is -2.25. The van der Waals surface area contributed by atoms with Crippen LogP contribution in [0.15, 0.2) is 24.3 Å². The van der Waals surface area contributed by atoms with Crippen molar-refractivity contribution in [1.29, 1.82) is 0 Å². The normalized spacial score (nSPS) is 22.7. The Balaban J connectivity index is 2.27. The lowest BCUT2D eigenvalue weighted by atomic mass is 10.1. The molecule has 1 aliphatic rings. The summed E-state index contributed by atoms with van der Waals surface area (Å²) >= 11 is 0. The van der Waals surface area contributed by atoms with Crippen molar-refractivity contribution in [1.82, 2.24) is 10.2 Å². The number of nitrogens with zero attached hydrogens (tertiary/aromatic N) is 1. The Morgan fingerprint density at radius 2 is 1.90 bits per heavy atom. The van der Waals surface area contributed by atoms with Gasteiger partial charge in [0.1, 0.15) is 18.5 Å². The highest BCUT2D eigenvalue weighted by Gasteiger charge is 2.44. The van der Waals surface area contributed by atoms with Crippen molar-refractivity contribution >= 4 is 5.91 Å². The van der Waals surface area contributed by atoms with E-state index in [4.69, 9.17) is 4.74 Å². The molecule has 1 aromatic rings. The highest BCUT2D eigenvalue weighted by atomic mass is 19.4. The molecule has 1 saturated heterocycles. The van der Waals surface area contributed by atoms with Gasteiger partial charge >= 0.3 is 6.18 Å². The number of benzene rings is 1. The van der Waals surface area contributed by atoms with Crippen LogP contribution in [-0.4, -0.2) is 36.7 Å². The summed E-state index contributed by atoms with van der Waals surface area (Å²) in [7, 11) is 1.51. The number of halogens is 3. The minimum atomic E-state index is -4.43. The van der Waals surface area contributed by atoms with E-state index in [1.54, 1.807) is 31.2 Å². The molecule has 1 aromatic carbocycles. The lowest BCUT2D eigenvalue weighted by Crippen LogP contribution is -2.38. The third-order valence-electron chi connectivity index (χ3n) is 3.44. The molecule has 0 spiro atoms. The summed E-state index contributed by atoms with van der Waals surface area (Å²) in [4.78, 5) is 12.9. The van der Waals surface area contributed by atoms with Crippen LogP contribution in [0.5, 0.6) is 5.75 Å². The number of carbonyl (C=O) groups is 1. The average molecular weight is 302 g/mol. The van der Waals surface area contributed by atoms with Gasteiger partial charge in [0.25, 0.3) is 0 Å². The third-order valence-corrected chi connectivity index (χ3v) is 3.44. The molecule has 0 radical (unpaired) electrons. The first-order valence-electron chi connectivity index (χ1n) is 6.63. The number of amides is 1. The second-order valence-corrected chi connectivity index (χ2v) is 4.88. The van der Waals surface area contributed by atoms with Gasteiger partial charge in [-0.2, -0.15) is 13.2 Å². The molecule has 1 fully saturated rings. The van der Waals surface area contributed by atoms with Gasteiger partial charge < -0.3 is 9.64 Å².